The number of nitrogens with zero attached hydrogens (tertiary/aromatic N) is 1. The van der Waals surface area contributed by atoms with Crippen LogP contribution in [0.3, 0.4) is 0 Å². The van der Waals surface area contributed by atoms with E-state index in [4.69, 9.17) is 5.11 Å². The Hall–Kier alpha value is -1.06. The van der Waals surface area contributed by atoms with Gasteiger partial charge in [0.05, 0.1) is 5.92 Å². The second-order valence-corrected chi connectivity index (χ2v) is 6.05. The molecule has 0 aromatic rings. The highest BCUT2D eigenvalue weighted by Gasteiger charge is 2.40. The standard InChI is InChI=1S/C14H23NO3/c1-14(7-4-2-3-5-8-14)13(18)15-9-6-11(10-15)12(16)17/h11H,2-10H2,1H3,(H,16,17). The van der Waals surface area contributed by atoms with Crippen molar-refractivity contribution in [3.8, 4) is 0 Å². The summed E-state index contributed by atoms with van der Waals surface area (Å²) in [4.78, 5) is 25.3. The third-order valence-electron chi connectivity index (χ3n) is 4.55. The molecular formula is C14H23NO3. The topological polar surface area (TPSA) is 57.6 Å². The number of carboxylic acid groups (broad SMARTS) is 1. The van der Waals surface area contributed by atoms with Crippen LogP contribution >= 0.6 is 0 Å². The molecule has 1 aliphatic heterocycles. The lowest BCUT2D eigenvalue weighted by Crippen LogP contribution is -2.41. The van der Waals surface area contributed by atoms with E-state index in [2.05, 4.69) is 6.92 Å². The zero-order valence-electron chi connectivity index (χ0n) is 11.2. The molecule has 0 radical (unpaired) electrons. The highest BCUT2D eigenvalue weighted by molar-refractivity contribution is 5.83. The van der Waals surface area contributed by atoms with Crippen LogP contribution in [0.25, 0.3) is 0 Å². The minimum Gasteiger partial charge on any atom is -0.481 e. The van der Waals surface area contributed by atoms with Crippen LogP contribution in [0.2, 0.25) is 0 Å². The zero-order chi connectivity index (χ0) is 13.2. The van der Waals surface area contributed by atoms with Crippen LogP contribution in [-0.4, -0.2) is 35.0 Å². The SMILES string of the molecule is CC1(C(=O)N2CCC(C(=O)O)C2)CCCCCC1. The normalized spacial score (nSPS) is 27.8. The number of amides is 1. The number of likely N-dealkylation sites (tertiary alicyclic amines) is 1. The lowest BCUT2D eigenvalue weighted by atomic mass is 9.81. The third-order valence-corrected chi connectivity index (χ3v) is 4.55. The number of aliphatic carboxylic acids is 1. The molecule has 2 rings (SSSR count). The van der Waals surface area contributed by atoms with Crippen LogP contribution in [-0.2, 0) is 9.59 Å². The Kier molecular flexibility index (Phi) is 3.93. The van der Waals surface area contributed by atoms with Crippen molar-refractivity contribution in [1.29, 1.82) is 0 Å². The average Bonchev–Trinajstić information content (AvgIpc) is 2.72. The van der Waals surface area contributed by atoms with Gasteiger partial charge in [0.2, 0.25) is 5.91 Å². The maximum absolute atomic E-state index is 12.6. The van der Waals surface area contributed by atoms with Crippen LogP contribution in [0.1, 0.15) is 51.9 Å². The summed E-state index contributed by atoms with van der Waals surface area (Å²) in [6.07, 6.45) is 7.22. The summed E-state index contributed by atoms with van der Waals surface area (Å²) in [6.45, 7) is 3.09. The molecule has 4 heteroatoms. The summed E-state index contributed by atoms with van der Waals surface area (Å²) in [5, 5.41) is 8.99. The first-order chi connectivity index (χ1) is 8.53. The highest BCUT2D eigenvalue weighted by Crippen LogP contribution is 2.37. The predicted octanol–water partition coefficient (Wildman–Crippen LogP) is 2.28. The van der Waals surface area contributed by atoms with E-state index in [1.165, 1.54) is 12.8 Å². The molecule has 1 unspecified atom stereocenters. The minimum atomic E-state index is -0.767. The van der Waals surface area contributed by atoms with E-state index in [0.29, 0.717) is 19.5 Å². The number of carbonyl (C=O) groups excluding carboxylic acids is 1. The molecule has 2 fully saturated rings. The summed E-state index contributed by atoms with van der Waals surface area (Å²) in [7, 11) is 0. The fourth-order valence-corrected chi connectivity index (χ4v) is 3.25. The van der Waals surface area contributed by atoms with Crippen molar-refractivity contribution in [2.24, 2.45) is 11.3 Å². The monoisotopic (exact) mass is 253 g/mol. The highest BCUT2D eigenvalue weighted by atomic mass is 16.4. The number of hydrogen-bond acceptors (Lipinski definition) is 2. The van der Waals surface area contributed by atoms with Crippen molar-refractivity contribution in [3.05, 3.63) is 0 Å². The first kappa shape index (κ1) is 13.4. The molecule has 1 N–H and O–H groups in total. The number of carbonyl (C=O) groups is 2. The number of hydrogen-bond donors (Lipinski definition) is 1. The van der Waals surface area contributed by atoms with Gasteiger partial charge in [0.25, 0.3) is 0 Å². The molecule has 1 atom stereocenters. The molecule has 1 amide bonds. The smallest absolute Gasteiger partial charge is 0.308 e. The van der Waals surface area contributed by atoms with Gasteiger partial charge in [-0.2, -0.15) is 0 Å². The Balaban J connectivity index is 2.00. The second kappa shape index (κ2) is 5.29. The van der Waals surface area contributed by atoms with Crippen LogP contribution in [0.15, 0.2) is 0 Å². The lowest BCUT2D eigenvalue weighted by Gasteiger charge is -2.31. The van der Waals surface area contributed by atoms with Crippen molar-refractivity contribution in [3.63, 3.8) is 0 Å². The maximum Gasteiger partial charge on any atom is 0.308 e. The van der Waals surface area contributed by atoms with E-state index in [1.54, 1.807) is 4.90 Å². The molecule has 1 aliphatic carbocycles. The molecule has 1 heterocycles. The quantitative estimate of drug-likeness (QED) is 0.768. The van der Waals surface area contributed by atoms with Gasteiger partial charge in [0.1, 0.15) is 0 Å². The van der Waals surface area contributed by atoms with Crippen LogP contribution in [0.5, 0.6) is 0 Å². The third kappa shape index (κ3) is 2.68. The van der Waals surface area contributed by atoms with Gasteiger partial charge in [0.15, 0.2) is 0 Å². The molecule has 0 aromatic carbocycles. The van der Waals surface area contributed by atoms with Crippen molar-refractivity contribution >= 4 is 11.9 Å². The number of rotatable bonds is 2. The Morgan fingerprint density at radius 3 is 2.28 bits per heavy atom. The Morgan fingerprint density at radius 2 is 1.78 bits per heavy atom. The fraction of sp³-hybridized carbons (Fsp3) is 0.857. The second-order valence-electron chi connectivity index (χ2n) is 6.05. The summed E-state index contributed by atoms with van der Waals surface area (Å²) in [6, 6.07) is 0. The van der Waals surface area contributed by atoms with E-state index in [0.717, 1.165) is 25.7 Å². The van der Waals surface area contributed by atoms with E-state index in [-0.39, 0.29) is 17.2 Å². The maximum atomic E-state index is 12.6. The first-order valence-corrected chi connectivity index (χ1v) is 7.05. The van der Waals surface area contributed by atoms with E-state index in [9.17, 15) is 9.59 Å². The predicted molar refractivity (Wildman–Crippen MR) is 68.1 cm³/mol. The van der Waals surface area contributed by atoms with Gasteiger partial charge in [-0.3, -0.25) is 9.59 Å². The van der Waals surface area contributed by atoms with E-state index >= 15 is 0 Å². The molecule has 2 aliphatic rings. The molecule has 0 aromatic heterocycles. The first-order valence-electron chi connectivity index (χ1n) is 7.05. The molecule has 1 saturated heterocycles. The van der Waals surface area contributed by atoms with Gasteiger partial charge < -0.3 is 10.0 Å². The van der Waals surface area contributed by atoms with Crippen molar-refractivity contribution in [1.82, 2.24) is 4.90 Å². The minimum absolute atomic E-state index is 0.188. The summed E-state index contributed by atoms with van der Waals surface area (Å²) >= 11 is 0. The van der Waals surface area contributed by atoms with Gasteiger partial charge in [0, 0.05) is 18.5 Å². The van der Waals surface area contributed by atoms with Crippen molar-refractivity contribution in [2.75, 3.05) is 13.1 Å². The molecule has 102 valence electrons. The molecule has 18 heavy (non-hydrogen) atoms. The fourth-order valence-electron chi connectivity index (χ4n) is 3.25. The van der Waals surface area contributed by atoms with Crippen LogP contribution in [0, 0.1) is 11.3 Å². The Morgan fingerprint density at radius 1 is 1.17 bits per heavy atom. The lowest BCUT2D eigenvalue weighted by molar-refractivity contribution is -0.143. The van der Waals surface area contributed by atoms with Gasteiger partial charge in [-0.05, 0) is 19.3 Å². The summed E-state index contributed by atoms with van der Waals surface area (Å²) < 4.78 is 0. The van der Waals surface area contributed by atoms with Gasteiger partial charge >= 0.3 is 5.97 Å². The zero-order valence-corrected chi connectivity index (χ0v) is 11.2. The summed E-state index contributed by atoms with van der Waals surface area (Å²) in [5.74, 6) is -0.937. The van der Waals surface area contributed by atoms with Gasteiger partial charge in [-0.1, -0.05) is 32.6 Å². The van der Waals surface area contributed by atoms with Crippen molar-refractivity contribution in [2.45, 2.75) is 51.9 Å². The molecule has 4 nitrogen and oxygen atoms in total. The summed E-state index contributed by atoms with van der Waals surface area (Å²) in [5.41, 5.74) is -0.246. The van der Waals surface area contributed by atoms with E-state index in [1.807, 2.05) is 0 Å². The van der Waals surface area contributed by atoms with E-state index < -0.39 is 5.97 Å². The molecule has 0 spiro atoms. The largest absolute Gasteiger partial charge is 0.481 e. The number of carboxylic acids is 1. The molecule has 0 bridgehead atoms. The van der Waals surface area contributed by atoms with Crippen LogP contribution in [0.4, 0.5) is 0 Å². The average molecular weight is 253 g/mol. The van der Waals surface area contributed by atoms with Gasteiger partial charge in [-0.15, -0.1) is 0 Å². The Bertz CT molecular complexity index is 332. The molecule has 1 saturated carbocycles. The van der Waals surface area contributed by atoms with Crippen LogP contribution < -0.4 is 0 Å². The molecular weight excluding hydrogens is 230 g/mol. The van der Waals surface area contributed by atoms with Gasteiger partial charge in [-0.25, -0.2) is 0 Å². The Labute approximate surface area is 108 Å². The van der Waals surface area contributed by atoms with Crippen molar-refractivity contribution < 1.29 is 14.7 Å².